The van der Waals surface area contributed by atoms with Gasteiger partial charge in [-0.05, 0) is 55.3 Å². The maximum Gasteiger partial charge on any atom is 0.326 e. The normalized spacial score (nSPS) is 17.0. The van der Waals surface area contributed by atoms with Gasteiger partial charge in [-0.3, -0.25) is 19.4 Å². The van der Waals surface area contributed by atoms with E-state index in [0.29, 0.717) is 24.3 Å². The van der Waals surface area contributed by atoms with E-state index < -0.39 is 23.9 Å². The van der Waals surface area contributed by atoms with Crippen LogP contribution in [0.1, 0.15) is 38.2 Å². The average molecular weight is 480 g/mol. The van der Waals surface area contributed by atoms with Crippen LogP contribution in [-0.2, 0) is 20.8 Å². The molecule has 0 aliphatic carbocycles. The van der Waals surface area contributed by atoms with Crippen molar-refractivity contribution in [1.29, 1.82) is 0 Å². The van der Waals surface area contributed by atoms with E-state index in [1.54, 1.807) is 17.8 Å². The zero-order chi connectivity index (χ0) is 24.5. The first kappa shape index (κ1) is 26.0. The number of nitrogens with zero attached hydrogens (tertiary/aromatic N) is 1. The minimum atomic E-state index is -1.28. The Labute approximate surface area is 194 Å². The molecule has 1 aliphatic rings. The van der Waals surface area contributed by atoms with Crippen LogP contribution in [0.15, 0.2) is 27.4 Å². The highest BCUT2D eigenvalue weighted by Gasteiger charge is 2.23. The number of carboxylic acid groups (broad SMARTS) is 2. The number of carboxylic acids is 2. The first-order valence-electron chi connectivity index (χ1n) is 10.4. The number of nitrogen functional groups attached to an aromatic ring is 1. The number of hydrogen-bond donors (Lipinski definition) is 6. The number of carbonyl (C=O) groups is 3. The number of hydrogen-bond acceptors (Lipinski definition) is 8. The zero-order valence-corrected chi connectivity index (χ0v) is 19.3. The third kappa shape index (κ3) is 7.97. The number of aliphatic carboxylic acids is 2. The fraction of sp³-hybridized carbons (Fsp3) is 0.476. The van der Waals surface area contributed by atoms with Crippen molar-refractivity contribution in [2.45, 2.75) is 45.1 Å². The van der Waals surface area contributed by atoms with Gasteiger partial charge in [-0.1, -0.05) is 6.08 Å². The molecule has 7 N–H and O–H groups in total. The monoisotopic (exact) mass is 479 g/mol. The van der Waals surface area contributed by atoms with E-state index in [-0.39, 0.29) is 30.3 Å². The van der Waals surface area contributed by atoms with Gasteiger partial charge in [0.05, 0.1) is 5.56 Å². The van der Waals surface area contributed by atoms with E-state index in [4.69, 9.17) is 15.9 Å². The second-order valence-electron chi connectivity index (χ2n) is 7.74. The van der Waals surface area contributed by atoms with Gasteiger partial charge in [-0.2, -0.15) is 4.98 Å². The Kier molecular flexibility index (Phi) is 9.52. The molecule has 33 heavy (non-hydrogen) atoms. The van der Waals surface area contributed by atoms with Crippen molar-refractivity contribution in [1.82, 2.24) is 15.3 Å². The lowest BCUT2D eigenvalue weighted by atomic mass is 9.92. The number of thioether (sulfide) groups is 1. The molecule has 0 saturated heterocycles. The molecule has 180 valence electrons. The molecule has 2 heterocycles. The molecule has 1 aliphatic heterocycles. The van der Waals surface area contributed by atoms with Crippen LogP contribution in [0.25, 0.3) is 0 Å². The number of H-pyrrole nitrogens is 1. The topological polar surface area (TPSA) is 187 Å². The molecular formula is C21H29N5O6S. The number of allylic oxidation sites excluding steroid dienone is 3. The summed E-state index contributed by atoms with van der Waals surface area (Å²) in [6, 6.07) is -1.27. The minimum Gasteiger partial charge on any atom is -0.481 e. The molecule has 0 aromatic carbocycles. The number of anilines is 2. The van der Waals surface area contributed by atoms with Crippen LogP contribution in [-0.4, -0.2) is 56.9 Å². The van der Waals surface area contributed by atoms with Crippen LogP contribution in [0.5, 0.6) is 0 Å². The standard InChI is InChI=1S/C21H29N5O6S/c1-11(3-7-16(27)24-14(20(31)32)5-8-17(28)29)15(33-2)6-4-12-9-13-18(23-10-12)25-21(22)26-19(13)30/h3,7,12,14H,4-6,8-10H2,1-2H3,(H,24,27)(H,28,29)(H,31,32)(H4,22,23,25,26,30)/b7-3+,15-11-/t12-,14+/m1/s1. The van der Waals surface area contributed by atoms with Gasteiger partial charge in [-0.15, -0.1) is 11.8 Å². The highest BCUT2D eigenvalue weighted by Crippen LogP contribution is 2.29. The van der Waals surface area contributed by atoms with E-state index in [2.05, 4.69) is 20.6 Å². The van der Waals surface area contributed by atoms with Crippen molar-refractivity contribution in [3.8, 4) is 0 Å². The van der Waals surface area contributed by atoms with Crippen LogP contribution < -0.4 is 21.9 Å². The molecule has 0 bridgehead atoms. The Balaban J connectivity index is 1.95. The average Bonchev–Trinajstić information content (AvgIpc) is 2.75. The van der Waals surface area contributed by atoms with Gasteiger partial charge >= 0.3 is 11.9 Å². The maximum absolute atomic E-state index is 12.1. The third-order valence-corrected chi connectivity index (χ3v) is 6.32. The summed E-state index contributed by atoms with van der Waals surface area (Å²) in [6.07, 6.45) is 6.41. The van der Waals surface area contributed by atoms with Gasteiger partial charge in [0.25, 0.3) is 5.56 Å². The molecule has 0 saturated carbocycles. The van der Waals surface area contributed by atoms with Crippen molar-refractivity contribution in [2.75, 3.05) is 23.9 Å². The fourth-order valence-corrected chi connectivity index (χ4v) is 4.20. The summed E-state index contributed by atoms with van der Waals surface area (Å²) in [7, 11) is 0. The number of rotatable bonds is 11. The van der Waals surface area contributed by atoms with Crippen LogP contribution in [0, 0.1) is 5.92 Å². The summed E-state index contributed by atoms with van der Waals surface area (Å²) in [5.74, 6) is -2.17. The Morgan fingerprint density at radius 3 is 2.67 bits per heavy atom. The van der Waals surface area contributed by atoms with Crippen LogP contribution in [0.3, 0.4) is 0 Å². The summed E-state index contributed by atoms with van der Waals surface area (Å²) < 4.78 is 0. The van der Waals surface area contributed by atoms with Gasteiger partial charge in [0.1, 0.15) is 11.9 Å². The molecule has 11 nitrogen and oxygen atoms in total. The van der Waals surface area contributed by atoms with Gasteiger partial charge in [-0.25, -0.2) is 4.79 Å². The lowest BCUT2D eigenvalue weighted by molar-refractivity contribution is -0.142. The van der Waals surface area contributed by atoms with Crippen LogP contribution in [0.2, 0.25) is 0 Å². The largest absolute Gasteiger partial charge is 0.481 e. The number of aromatic nitrogens is 2. The fourth-order valence-electron chi connectivity index (χ4n) is 3.49. The molecule has 0 spiro atoms. The lowest BCUT2D eigenvalue weighted by Gasteiger charge is -2.25. The first-order chi connectivity index (χ1) is 15.6. The molecule has 2 atom stereocenters. The molecule has 2 rings (SSSR count). The predicted octanol–water partition coefficient (Wildman–Crippen LogP) is 1.34. The number of carbonyl (C=O) groups excluding carboxylic acids is 1. The van der Waals surface area contributed by atoms with E-state index in [1.165, 1.54) is 6.08 Å². The highest BCUT2D eigenvalue weighted by molar-refractivity contribution is 8.02. The van der Waals surface area contributed by atoms with Gasteiger partial charge < -0.3 is 26.6 Å². The van der Waals surface area contributed by atoms with Crippen molar-refractivity contribution in [3.63, 3.8) is 0 Å². The smallest absolute Gasteiger partial charge is 0.326 e. The van der Waals surface area contributed by atoms with Gasteiger partial charge in [0.2, 0.25) is 11.9 Å². The van der Waals surface area contributed by atoms with Crippen molar-refractivity contribution < 1.29 is 24.6 Å². The first-order valence-corrected chi connectivity index (χ1v) is 11.6. The second-order valence-corrected chi connectivity index (χ2v) is 8.64. The Hall–Kier alpha value is -3.28. The van der Waals surface area contributed by atoms with E-state index >= 15 is 0 Å². The second kappa shape index (κ2) is 12.1. The molecule has 1 aromatic rings. The number of nitrogens with two attached hydrogens (primary N) is 1. The lowest BCUT2D eigenvalue weighted by Crippen LogP contribution is -2.40. The van der Waals surface area contributed by atoms with E-state index in [9.17, 15) is 19.2 Å². The van der Waals surface area contributed by atoms with Crippen LogP contribution >= 0.6 is 11.8 Å². The molecule has 0 unspecified atom stereocenters. The molecule has 0 radical (unpaired) electrons. The SMILES string of the molecule is CS/C(CC[C@H]1CNc2nc(N)[nH]c(=O)c2C1)=C(C)\C=C\C(=O)N[C@@H](CCC(=O)O)C(=O)O. The van der Waals surface area contributed by atoms with Crippen molar-refractivity contribution in [2.24, 2.45) is 5.92 Å². The molecule has 12 heteroatoms. The quantitative estimate of drug-likeness (QED) is 0.200. The Morgan fingerprint density at radius 2 is 2.03 bits per heavy atom. The summed E-state index contributed by atoms with van der Waals surface area (Å²) in [5, 5.41) is 23.3. The van der Waals surface area contributed by atoms with Crippen molar-refractivity contribution in [3.05, 3.63) is 38.5 Å². The summed E-state index contributed by atoms with van der Waals surface area (Å²) in [5.41, 5.74) is 6.81. The van der Waals surface area contributed by atoms with Gasteiger partial charge in [0.15, 0.2) is 0 Å². The van der Waals surface area contributed by atoms with E-state index in [0.717, 1.165) is 23.3 Å². The number of amides is 1. The minimum absolute atomic E-state index is 0.0836. The molecule has 1 amide bonds. The number of nitrogens with one attached hydrogen (secondary N) is 3. The third-order valence-electron chi connectivity index (χ3n) is 5.30. The van der Waals surface area contributed by atoms with E-state index in [1.807, 2.05) is 13.2 Å². The summed E-state index contributed by atoms with van der Waals surface area (Å²) >= 11 is 1.56. The summed E-state index contributed by atoms with van der Waals surface area (Å²) in [6.45, 7) is 2.54. The molecule has 1 aromatic heterocycles. The maximum atomic E-state index is 12.1. The summed E-state index contributed by atoms with van der Waals surface area (Å²) in [4.78, 5) is 53.8. The zero-order valence-electron chi connectivity index (χ0n) is 18.5. The van der Waals surface area contributed by atoms with Crippen LogP contribution in [0.4, 0.5) is 11.8 Å². The number of aromatic amines is 1. The van der Waals surface area contributed by atoms with Gasteiger partial charge in [0, 0.05) is 19.0 Å². The van der Waals surface area contributed by atoms with Crippen molar-refractivity contribution >= 4 is 41.4 Å². The highest BCUT2D eigenvalue weighted by atomic mass is 32.2. The Morgan fingerprint density at radius 1 is 1.30 bits per heavy atom. The molecular weight excluding hydrogens is 450 g/mol. The molecule has 0 fully saturated rings. The number of fused-ring (bicyclic) bond motifs is 1. The Bertz CT molecular complexity index is 1020. The predicted molar refractivity (Wildman–Crippen MR) is 126 cm³/mol.